The molecule has 1 atom stereocenters. The van der Waals surface area contributed by atoms with Crippen LogP contribution in [0.1, 0.15) is 10.4 Å². The average molecular weight is 287 g/mol. The van der Waals surface area contributed by atoms with E-state index in [9.17, 15) is 9.59 Å². The lowest BCUT2D eigenvalue weighted by Gasteiger charge is -2.31. The quantitative estimate of drug-likeness (QED) is 0.635. The normalized spacial score (nSPS) is 18.5. The topological polar surface area (TPSA) is 97.3 Å². The maximum Gasteiger partial charge on any atom is 0.269 e. The monoisotopic (exact) mass is 287 g/mol. The molecule has 1 unspecified atom stereocenters. The number of piperazine rings is 1. The van der Waals surface area contributed by atoms with E-state index in [2.05, 4.69) is 22.2 Å². The fraction of sp³-hybridized carbons (Fsp3) is 0.357. The first-order valence-electron chi connectivity index (χ1n) is 6.69. The van der Waals surface area contributed by atoms with E-state index in [1.165, 1.54) is 0 Å². The van der Waals surface area contributed by atoms with Crippen LogP contribution in [0.4, 0.5) is 0 Å². The van der Waals surface area contributed by atoms with Crippen molar-refractivity contribution in [2.24, 2.45) is 0 Å². The Kier molecular flexibility index (Phi) is 5.26. The molecule has 0 radical (unpaired) electrons. The highest BCUT2D eigenvalue weighted by molar-refractivity contribution is 5.95. The minimum Gasteiger partial charge on any atom is -0.313 e. The molecule has 1 aliphatic heterocycles. The largest absolute Gasteiger partial charge is 0.313 e. The van der Waals surface area contributed by atoms with Gasteiger partial charge in [0.15, 0.2) is 0 Å². The molecule has 1 aliphatic rings. The van der Waals surface area contributed by atoms with Crippen molar-refractivity contribution in [1.82, 2.24) is 21.1 Å². The van der Waals surface area contributed by atoms with Crippen LogP contribution in [0.3, 0.4) is 0 Å². The number of benzene rings is 1. The van der Waals surface area contributed by atoms with Crippen molar-refractivity contribution in [3.8, 4) is 6.07 Å². The maximum atomic E-state index is 11.8. The molecule has 21 heavy (non-hydrogen) atoms. The first-order chi connectivity index (χ1) is 10.2. The molecule has 2 amide bonds. The lowest BCUT2D eigenvalue weighted by molar-refractivity contribution is -0.123. The van der Waals surface area contributed by atoms with Gasteiger partial charge in [0.25, 0.3) is 11.8 Å². The molecular formula is C14H17N5O2. The predicted molar refractivity (Wildman–Crippen MR) is 75.9 cm³/mol. The molecule has 0 bridgehead atoms. The van der Waals surface area contributed by atoms with Crippen LogP contribution < -0.4 is 16.2 Å². The van der Waals surface area contributed by atoms with Gasteiger partial charge in [0.2, 0.25) is 0 Å². The summed E-state index contributed by atoms with van der Waals surface area (Å²) in [5.41, 5.74) is 5.19. The summed E-state index contributed by atoms with van der Waals surface area (Å²) >= 11 is 0. The van der Waals surface area contributed by atoms with Gasteiger partial charge in [0.05, 0.1) is 12.6 Å². The van der Waals surface area contributed by atoms with E-state index in [1.807, 2.05) is 6.07 Å². The number of amides is 2. The van der Waals surface area contributed by atoms with Crippen LogP contribution in [0, 0.1) is 11.3 Å². The second-order valence-corrected chi connectivity index (χ2v) is 4.69. The van der Waals surface area contributed by atoms with Gasteiger partial charge in [-0.2, -0.15) is 5.26 Å². The fourth-order valence-corrected chi connectivity index (χ4v) is 2.08. The van der Waals surface area contributed by atoms with E-state index in [1.54, 1.807) is 29.2 Å². The number of hydrogen-bond donors (Lipinski definition) is 3. The Bertz CT molecular complexity index is 540. The number of carbonyl (C=O) groups excluding carboxylic acids is 2. The number of hydrazine groups is 1. The molecule has 1 saturated heterocycles. The third kappa shape index (κ3) is 4.27. The van der Waals surface area contributed by atoms with Crippen molar-refractivity contribution >= 4 is 11.8 Å². The van der Waals surface area contributed by atoms with Crippen LogP contribution in [0.5, 0.6) is 0 Å². The van der Waals surface area contributed by atoms with Gasteiger partial charge in [0, 0.05) is 25.2 Å². The summed E-state index contributed by atoms with van der Waals surface area (Å²) in [6.07, 6.45) is 0. The van der Waals surface area contributed by atoms with Gasteiger partial charge in [-0.25, -0.2) is 0 Å². The Balaban J connectivity index is 1.80. The number of nitriles is 1. The highest BCUT2D eigenvalue weighted by atomic mass is 16.2. The fourth-order valence-electron chi connectivity index (χ4n) is 2.08. The maximum absolute atomic E-state index is 11.8. The summed E-state index contributed by atoms with van der Waals surface area (Å²) in [5, 5.41) is 12.1. The number of rotatable bonds is 3. The average Bonchev–Trinajstić information content (AvgIpc) is 2.54. The summed E-state index contributed by atoms with van der Waals surface area (Å²) in [6, 6.07) is 10.4. The van der Waals surface area contributed by atoms with Crippen LogP contribution in [-0.4, -0.2) is 48.9 Å². The lowest BCUT2D eigenvalue weighted by atomic mass is 10.2. The van der Waals surface area contributed by atoms with E-state index in [0.717, 1.165) is 6.54 Å². The van der Waals surface area contributed by atoms with Crippen molar-refractivity contribution in [3.63, 3.8) is 0 Å². The zero-order valence-corrected chi connectivity index (χ0v) is 11.5. The summed E-state index contributed by atoms with van der Waals surface area (Å²) in [4.78, 5) is 25.3. The molecule has 110 valence electrons. The molecule has 2 rings (SSSR count). The third-order valence-electron chi connectivity index (χ3n) is 3.20. The molecule has 1 heterocycles. The minimum absolute atomic E-state index is 0.0783. The molecular weight excluding hydrogens is 270 g/mol. The molecule has 0 spiro atoms. The number of nitrogens with zero attached hydrogens (tertiary/aromatic N) is 2. The Morgan fingerprint density at radius 2 is 2.10 bits per heavy atom. The number of nitrogens with one attached hydrogen (secondary N) is 3. The molecule has 7 nitrogen and oxygen atoms in total. The van der Waals surface area contributed by atoms with E-state index >= 15 is 0 Å². The summed E-state index contributed by atoms with van der Waals surface area (Å²) in [6.45, 7) is 1.98. The first-order valence-corrected chi connectivity index (χ1v) is 6.69. The highest BCUT2D eigenvalue weighted by Gasteiger charge is 2.23. The van der Waals surface area contributed by atoms with Crippen molar-refractivity contribution in [3.05, 3.63) is 35.9 Å². The molecule has 0 aliphatic carbocycles. The van der Waals surface area contributed by atoms with Crippen molar-refractivity contribution in [2.45, 2.75) is 6.04 Å². The van der Waals surface area contributed by atoms with Crippen LogP contribution in [0.2, 0.25) is 0 Å². The molecule has 3 N–H and O–H groups in total. The summed E-state index contributed by atoms with van der Waals surface area (Å²) in [7, 11) is 0. The zero-order valence-electron chi connectivity index (χ0n) is 11.5. The Morgan fingerprint density at radius 1 is 1.33 bits per heavy atom. The van der Waals surface area contributed by atoms with Crippen LogP contribution in [0.25, 0.3) is 0 Å². The molecule has 0 saturated carbocycles. The Labute approximate surface area is 122 Å². The van der Waals surface area contributed by atoms with Crippen molar-refractivity contribution < 1.29 is 9.59 Å². The minimum atomic E-state index is -0.374. The van der Waals surface area contributed by atoms with Crippen molar-refractivity contribution in [1.29, 1.82) is 5.26 Å². The van der Waals surface area contributed by atoms with Gasteiger partial charge in [-0.05, 0) is 12.1 Å². The predicted octanol–water partition coefficient (Wildman–Crippen LogP) is -0.755. The summed E-state index contributed by atoms with van der Waals surface area (Å²) < 4.78 is 0. The SMILES string of the molecule is N#CC1CNCCN1CC(=O)NNC(=O)c1ccccc1. The lowest BCUT2D eigenvalue weighted by Crippen LogP contribution is -2.55. The van der Waals surface area contributed by atoms with Crippen molar-refractivity contribution in [2.75, 3.05) is 26.2 Å². The van der Waals surface area contributed by atoms with Gasteiger partial charge < -0.3 is 5.32 Å². The van der Waals surface area contributed by atoms with Gasteiger partial charge in [-0.3, -0.25) is 25.3 Å². The summed E-state index contributed by atoms with van der Waals surface area (Å²) in [5.74, 6) is -0.720. The first kappa shape index (κ1) is 15.0. The van der Waals surface area contributed by atoms with Gasteiger partial charge >= 0.3 is 0 Å². The molecule has 1 aromatic rings. The molecule has 1 aromatic carbocycles. The molecule has 7 heteroatoms. The smallest absolute Gasteiger partial charge is 0.269 e. The number of hydrogen-bond acceptors (Lipinski definition) is 5. The van der Waals surface area contributed by atoms with Crippen LogP contribution >= 0.6 is 0 Å². The van der Waals surface area contributed by atoms with E-state index < -0.39 is 0 Å². The standard InChI is InChI=1S/C14H17N5O2/c15-8-12-9-16-6-7-19(12)10-13(20)17-18-14(21)11-4-2-1-3-5-11/h1-5,12,16H,6-7,9-10H2,(H,17,20)(H,18,21). The van der Waals surface area contributed by atoms with Gasteiger partial charge in [-0.1, -0.05) is 18.2 Å². The van der Waals surface area contributed by atoms with Gasteiger partial charge in [-0.15, -0.1) is 0 Å². The van der Waals surface area contributed by atoms with E-state index in [4.69, 9.17) is 5.26 Å². The Morgan fingerprint density at radius 3 is 2.81 bits per heavy atom. The highest BCUT2D eigenvalue weighted by Crippen LogP contribution is 2.01. The molecule has 0 aromatic heterocycles. The Hall–Kier alpha value is -2.43. The third-order valence-corrected chi connectivity index (χ3v) is 3.20. The van der Waals surface area contributed by atoms with Crippen LogP contribution in [-0.2, 0) is 4.79 Å². The van der Waals surface area contributed by atoms with E-state index in [0.29, 0.717) is 18.7 Å². The second-order valence-electron chi connectivity index (χ2n) is 4.69. The number of carbonyl (C=O) groups is 2. The van der Waals surface area contributed by atoms with E-state index in [-0.39, 0.29) is 24.4 Å². The second kappa shape index (κ2) is 7.38. The molecule has 1 fully saturated rings. The van der Waals surface area contributed by atoms with Gasteiger partial charge in [0.1, 0.15) is 6.04 Å². The zero-order chi connectivity index (χ0) is 15.1. The van der Waals surface area contributed by atoms with Crippen LogP contribution in [0.15, 0.2) is 30.3 Å².